The molecule has 14 heavy (non-hydrogen) atoms. The van der Waals surface area contributed by atoms with Crippen LogP contribution in [0.15, 0.2) is 18.2 Å². The van der Waals surface area contributed by atoms with Crippen LogP contribution in [0.5, 0.6) is 5.75 Å². The third-order valence-electron chi connectivity index (χ3n) is 1.77. The molecule has 1 atom stereocenters. The van der Waals surface area contributed by atoms with Gasteiger partial charge < -0.3 is 9.84 Å². The summed E-state index contributed by atoms with van der Waals surface area (Å²) in [6.07, 6.45) is -0.856. The zero-order valence-electron chi connectivity index (χ0n) is 7.84. The van der Waals surface area contributed by atoms with Gasteiger partial charge in [0.05, 0.1) is 6.10 Å². The van der Waals surface area contributed by atoms with Crippen LogP contribution in [0.3, 0.4) is 0 Å². The van der Waals surface area contributed by atoms with Crippen molar-refractivity contribution in [3.63, 3.8) is 0 Å². The van der Waals surface area contributed by atoms with Gasteiger partial charge in [0.1, 0.15) is 24.8 Å². The zero-order chi connectivity index (χ0) is 10.6. The van der Waals surface area contributed by atoms with Gasteiger partial charge in [-0.2, -0.15) is 0 Å². The Morgan fingerprint density at radius 3 is 2.71 bits per heavy atom. The van der Waals surface area contributed by atoms with Gasteiger partial charge in [-0.1, -0.05) is 0 Å². The molecule has 0 heterocycles. The van der Waals surface area contributed by atoms with Crippen molar-refractivity contribution in [3.8, 4) is 5.75 Å². The molecule has 2 nitrogen and oxygen atoms in total. The van der Waals surface area contributed by atoms with Crippen LogP contribution < -0.4 is 4.74 Å². The van der Waals surface area contributed by atoms with Gasteiger partial charge in [0.25, 0.3) is 0 Å². The van der Waals surface area contributed by atoms with E-state index in [0.717, 1.165) is 6.07 Å². The predicted molar refractivity (Wildman–Crippen MR) is 48.5 cm³/mol. The van der Waals surface area contributed by atoms with Crippen molar-refractivity contribution in [1.82, 2.24) is 0 Å². The lowest BCUT2D eigenvalue weighted by molar-refractivity contribution is 0.193. The maximum Gasteiger partial charge on any atom is 0.132 e. The number of alkyl halides is 1. The minimum absolute atomic E-state index is 0.0898. The number of rotatable bonds is 4. The number of aliphatic hydroxyl groups is 1. The summed E-state index contributed by atoms with van der Waals surface area (Å²) in [6, 6.07) is 4.06. The molecule has 1 rings (SSSR count). The molecule has 1 aromatic carbocycles. The van der Waals surface area contributed by atoms with Crippen molar-refractivity contribution in [2.45, 2.75) is 13.0 Å². The van der Waals surface area contributed by atoms with Gasteiger partial charge in [0.15, 0.2) is 0 Å². The minimum Gasteiger partial charge on any atom is -0.491 e. The Morgan fingerprint density at radius 1 is 1.50 bits per heavy atom. The van der Waals surface area contributed by atoms with Crippen LogP contribution in [-0.2, 0) is 0 Å². The van der Waals surface area contributed by atoms with Crippen LogP contribution in [0, 0.1) is 5.82 Å². The Labute approximate surface area is 81.1 Å². The number of ether oxygens (including phenoxy) is 1. The smallest absolute Gasteiger partial charge is 0.132 e. The molecule has 0 saturated carbocycles. The molecule has 0 fully saturated rings. The highest BCUT2D eigenvalue weighted by molar-refractivity contribution is 5.29. The predicted octanol–water partition coefficient (Wildman–Crippen LogP) is 2.23. The minimum atomic E-state index is -0.856. The molecule has 0 aromatic heterocycles. The largest absolute Gasteiger partial charge is 0.491 e. The summed E-state index contributed by atoms with van der Waals surface area (Å²) in [7, 11) is 0. The van der Waals surface area contributed by atoms with E-state index < -0.39 is 18.6 Å². The third-order valence-corrected chi connectivity index (χ3v) is 1.77. The van der Waals surface area contributed by atoms with Crippen molar-refractivity contribution in [2.75, 3.05) is 13.3 Å². The summed E-state index contributed by atoms with van der Waals surface area (Å²) in [5.74, 6) is -0.277. The molecule has 0 unspecified atom stereocenters. The van der Waals surface area contributed by atoms with Crippen LogP contribution in [0.1, 0.15) is 18.6 Å². The molecule has 0 amide bonds. The number of halogens is 2. The quantitative estimate of drug-likeness (QED) is 0.811. The molecule has 0 radical (unpaired) electrons. The van der Waals surface area contributed by atoms with Gasteiger partial charge >= 0.3 is 0 Å². The Morgan fingerprint density at radius 2 is 2.21 bits per heavy atom. The summed E-state index contributed by atoms with van der Waals surface area (Å²) in [4.78, 5) is 0. The van der Waals surface area contributed by atoms with E-state index in [0.29, 0.717) is 0 Å². The Kier molecular flexibility index (Phi) is 3.83. The van der Waals surface area contributed by atoms with Crippen molar-refractivity contribution in [3.05, 3.63) is 29.6 Å². The first-order valence-electron chi connectivity index (χ1n) is 4.31. The Balaban J connectivity index is 2.78. The average molecular weight is 202 g/mol. The number of hydrogen-bond acceptors (Lipinski definition) is 2. The zero-order valence-corrected chi connectivity index (χ0v) is 7.84. The fourth-order valence-electron chi connectivity index (χ4n) is 1.09. The second kappa shape index (κ2) is 4.91. The van der Waals surface area contributed by atoms with E-state index in [1.54, 1.807) is 0 Å². The molecule has 0 saturated heterocycles. The monoisotopic (exact) mass is 202 g/mol. The highest BCUT2D eigenvalue weighted by atomic mass is 19.1. The third kappa shape index (κ3) is 2.67. The van der Waals surface area contributed by atoms with E-state index in [4.69, 9.17) is 9.84 Å². The number of aliphatic hydroxyl groups excluding tert-OH is 1. The SMILES string of the molecule is C[C@H](O)c1ccc(OCCF)cc1F. The van der Waals surface area contributed by atoms with Crippen LogP contribution in [-0.4, -0.2) is 18.4 Å². The lowest BCUT2D eigenvalue weighted by Gasteiger charge is -2.08. The van der Waals surface area contributed by atoms with E-state index >= 15 is 0 Å². The topological polar surface area (TPSA) is 29.5 Å². The van der Waals surface area contributed by atoms with Crippen LogP contribution >= 0.6 is 0 Å². The van der Waals surface area contributed by atoms with E-state index in [1.807, 2.05) is 0 Å². The van der Waals surface area contributed by atoms with Crippen molar-refractivity contribution in [2.24, 2.45) is 0 Å². The highest BCUT2D eigenvalue weighted by Crippen LogP contribution is 2.21. The summed E-state index contributed by atoms with van der Waals surface area (Å²) in [5.41, 5.74) is 0.206. The molecule has 0 spiro atoms. The normalized spacial score (nSPS) is 12.6. The first kappa shape index (κ1) is 10.9. The van der Waals surface area contributed by atoms with Gasteiger partial charge in [-0.15, -0.1) is 0 Å². The van der Waals surface area contributed by atoms with Crippen LogP contribution in [0.25, 0.3) is 0 Å². The van der Waals surface area contributed by atoms with Gasteiger partial charge in [-0.3, -0.25) is 0 Å². The molecule has 78 valence electrons. The second-order valence-corrected chi connectivity index (χ2v) is 2.90. The van der Waals surface area contributed by atoms with E-state index in [2.05, 4.69) is 0 Å². The van der Waals surface area contributed by atoms with Crippen LogP contribution in [0.2, 0.25) is 0 Å². The lowest BCUT2D eigenvalue weighted by Crippen LogP contribution is -2.01. The summed E-state index contributed by atoms with van der Waals surface area (Å²) < 4.78 is 29.8. The molecule has 0 aliphatic carbocycles. The summed E-state index contributed by atoms with van der Waals surface area (Å²) >= 11 is 0. The molecule has 1 aromatic rings. The standard InChI is InChI=1S/C10H12F2O2/c1-7(13)9-3-2-8(6-10(9)12)14-5-4-11/h2-3,6-7,13H,4-5H2,1H3/t7-/m0/s1. The van der Waals surface area contributed by atoms with E-state index in [9.17, 15) is 8.78 Å². The molecule has 0 bridgehead atoms. The van der Waals surface area contributed by atoms with Gasteiger partial charge in [-0.25, -0.2) is 8.78 Å². The maximum absolute atomic E-state index is 13.2. The number of benzene rings is 1. The average Bonchev–Trinajstić information content (AvgIpc) is 2.14. The van der Waals surface area contributed by atoms with Crippen molar-refractivity contribution >= 4 is 0 Å². The highest BCUT2D eigenvalue weighted by Gasteiger charge is 2.08. The summed E-state index contributed by atoms with van der Waals surface area (Å²) in [6.45, 7) is 0.772. The summed E-state index contributed by atoms with van der Waals surface area (Å²) in [5, 5.41) is 9.13. The Hall–Kier alpha value is -1.16. The van der Waals surface area contributed by atoms with Gasteiger partial charge in [-0.05, 0) is 19.1 Å². The molecule has 0 aliphatic heterocycles. The molecule has 0 aliphatic rings. The molecular formula is C10H12F2O2. The van der Waals surface area contributed by atoms with E-state index in [-0.39, 0.29) is 17.9 Å². The second-order valence-electron chi connectivity index (χ2n) is 2.90. The van der Waals surface area contributed by atoms with Crippen molar-refractivity contribution in [1.29, 1.82) is 0 Å². The molecular weight excluding hydrogens is 190 g/mol. The van der Waals surface area contributed by atoms with Gasteiger partial charge in [0.2, 0.25) is 0 Å². The van der Waals surface area contributed by atoms with Crippen LogP contribution in [0.4, 0.5) is 8.78 Å². The fraction of sp³-hybridized carbons (Fsp3) is 0.400. The molecule has 4 heteroatoms. The van der Waals surface area contributed by atoms with E-state index in [1.165, 1.54) is 19.1 Å². The first-order chi connectivity index (χ1) is 6.65. The maximum atomic E-state index is 13.2. The number of hydrogen-bond donors (Lipinski definition) is 1. The lowest BCUT2D eigenvalue weighted by atomic mass is 10.1. The first-order valence-corrected chi connectivity index (χ1v) is 4.31. The Bertz CT molecular complexity index is 300. The van der Waals surface area contributed by atoms with Gasteiger partial charge in [0, 0.05) is 11.6 Å². The van der Waals surface area contributed by atoms with Crippen molar-refractivity contribution < 1.29 is 18.6 Å². The fourth-order valence-corrected chi connectivity index (χ4v) is 1.09. The molecule has 1 N–H and O–H groups in total.